The molecule has 3 aromatic carbocycles. The summed E-state index contributed by atoms with van der Waals surface area (Å²) >= 11 is 12.7. The van der Waals surface area contributed by atoms with Gasteiger partial charge < -0.3 is 10.6 Å². The van der Waals surface area contributed by atoms with Crippen LogP contribution in [-0.2, 0) is 9.59 Å². The molecule has 4 aromatic rings. The van der Waals surface area contributed by atoms with Gasteiger partial charge in [0.2, 0.25) is 0 Å². The highest BCUT2D eigenvalue weighted by Gasteiger charge is 2.21. The van der Waals surface area contributed by atoms with Gasteiger partial charge in [0, 0.05) is 30.7 Å². The van der Waals surface area contributed by atoms with Gasteiger partial charge in [0.25, 0.3) is 5.91 Å². The lowest BCUT2D eigenvalue weighted by Crippen LogP contribution is -2.36. The molecule has 7 nitrogen and oxygen atoms in total. The molecule has 0 saturated heterocycles. The summed E-state index contributed by atoms with van der Waals surface area (Å²) in [7, 11) is 0. The first-order chi connectivity index (χ1) is 16.2. The van der Waals surface area contributed by atoms with Crippen molar-refractivity contribution in [2.75, 3.05) is 16.1 Å². The number of anilines is 2. The van der Waals surface area contributed by atoms with E-state index in [1.807, 2.05) is 19.1 Å². The van der Waals surface area contributed by atoms with Crippen molar-refractivity contribution in [1.82, 2.24) is 4.68 Å². The van der Waals surface area contributed by atoms with Crippen molar-refractivity contribution in [2.24, 2.45) is 0 Å². The van der Waals surface area contributed by atoms with Crippen molar-refractivity contribution in [3.63, 3.8) is 0 Å². The smallest absolute Gasteiger partial charge is 0.321 e. The second-order valence-electron chi connectivity index (χ2n) is 7.38. The number of aryl methyl sites for hydroxylation is 1. The quantitative estimate of drug-likeness (QED) is 0.246. The van der Waals surface area contributed by atoms with Crippen molar-refractivity contribution in [1.29, 1.82) is 0 Å². The van der Waals surface area contributed by atoms with Crippen molar-refractivity contribution in [3.8, 4) is 0 Å². The summed E-state index contributed by atoms with van der Waals surface area (Å²) < 4.78 is 2.95. The Labute approximate surface area is 216 Å². The minimum Gasteiger partial charge on any atom is -0.321 e. The molecule has 1 aromatic heterocycles. The minimum atomic E-state index is -0.928. The summed E-state index contributed by atoms with van der Waals surface area (Å²) in [5.74, 6) is -2.27. The van der Waals surface area contributed by atoms with E-state index in [1.54, 1.807) is 54.6 Å². The average molecular weight is 605 g/mol. The number of hydrogen-bond donors (Lipinski definition) is 3. The summed E-state index contributed by atoms with van der Waals surface area (Å²) in [5, 5.41) is 6.60. The summed E-state index contributed by atoms with van der Waals surface area (Å²) in [4.78, 5) is 38.4. The van der Waals surface area contributed by atoms with Crippen molar-refractivity contribution in [2.45, 2.75) is 6.92 Å². The maximum atomic E-state index is 13.1. The van der Waals surface area contributed by atoms with Crippen LogP contribution in [0.4, 0.5) is 11.4 Å². The standard InChI is InChI=1S/C24H17Br2ClN4O3/c1-13-10-15(25)2-8-19(13)29-23(33)24(34)30-31-20-9-3-16(26)11-14(20)12-21(31)22(32)28-18-6-4-17(27)5-7-18/h2-12H,1H3,(H,28,32)(H,29,33)(H,30,34). The van der Waals surface area contributed by atoms with E-state index >= 15 is 0 Å². The van der Waals surface area contributed by atoms with Crippen molar-refractivity contribution >= 4 is 83.5 Å². The lowest BCUT2D eigenvalue weighted by Gasteiger charge is -2.13. The molecule has 0 atom stereocenters. The molecule has 3 amide bonds. The van der Waals surface area contributed by atoms with Crippen LogP contribution >= 0.6 is 43.5 Å². The predicted molar refractivity (Wildman–Crippen MR) is 141 cm³/mol. The normalized spacial score (nSPS) is 10.7. The maximum absolute atomic E-state index is 13.1. The zero-order chi connectivity index (χ0) is 24.4. The molecule has 10 heteroatoms. The van der Waals surface area contributed by atoms with Gasteiger partial charge >= 0.3 is 11.8 Å². The molecule has 0 aliphatic heterocycles. The van der Waals surface area contributed by atoms with E-state index in [1.165, 1.54) is 4.68 Å². The van der Waals surface area contributed by atoms with E-state index in [4.69, 9.17) is 11.6 Å². The molecule has 0 radical (unpaired) electrons. The molecule has 34 heavy (non-hydrogen) atoms. The predicted octanol–water partition coefficient (Wildman–Crippen LogP) is 6.09. The highest BCUT2D eigenvalue weighted by atomic mass is 79.9. The third kappa shape index (κ3) is 5.32. The van der Waals surface area contributed by atoms with Gasteiger partial charge in [0.1, 0.15) is 5.69 Å². The topological polar surface area (TPSA) is 92.2 Å². The highest BCUT2D eigenvalue weighted by molar-refractivity contribution is 9.10. The van der Waals surface area contributed by atoms with Crippen LogP contribution in [0.25, 0.3) is 10.9 Å². The van der Waals surface area contributed by atoms with E-state index in [0.29, 0.717) is 27.3 Å². The second-order valence-corrected chi connectivity index (χ2v) is 9.65. The summed E-state index contributed by atoms with van der Waals surface area (Å²) in [5.41, 5.74) is 5.05. The molecule has 0 unspecified atom stereocenters. The van der Waals surface area contributed by atoms with Crippen LogP contribution in [0.5, 0.6) is 0 Å². The first-order valence-electron chi connectivity index (χ1n) is 9.97. The van der Waals surface area contributed by atoms with Crippen LogP contribution in [0.3, 0.4) is 0 Å². The fourth-order valence-corrected chi connectivity index (χ4v) is 4.28. The molecule has 0 fully saturated rings. The van der Waals surface area contributed by atoms with Crippen LogP contribution in [0, 0.1) is 6.92 Å². The second kappa shape index (κ2) is 10.0. The number of carbonyl (C=O) groups is 3. The van der Waals surface area contributed by atoms with Crippen LogP contribution in [0.1, 0.15) is 16.1 Å². The van der Waals surface area contributed by atoms with E-state index in [9.17, 15) is 14.4 Å². The number of rotatable bonds is 4. The molecule has 0 saturated carbocycles. The largest absolute Gasteiger partial charge is 0.328 e. The Bertz CT molecular complexity index is 1430. The van der Waals surface area contributed by atoms with Crippen LogP contribution in [0.15, 0.2) is 75.7 Å². The third-order valence-corrected chi connectivity index (χ3v) is 6.19. The summed E-state index contributed by atoms with van der Waals surface area (Å²) in [6.07, 6.45) is 0. The lowest BCUT2D eigenvalue weighted by molar-refractivity contribution is -0.133. The Morgan fingerprint density at radius 2 is 1.50 bits per heavy atom. The number of amides is 3. The summed E-state index contributed by atoms with van der Waals surface area (Å²) in [6.45, 7) is 1.81. The number of benzene rings is 3. The molecular formula is C24H17Br2ClN4O3. The Kier molecular flexibility index (Phi) is 7.06. The Hall–Kier alpha value is -3.14. The van der Waals surface area contributed by atoms with Gasteiger partial charge in [-0.05, 0) is 79.2 Å². The van der Waals surface area contributed by atoms with Crippen molar-refractivity contribution < 1.29 is 14.4 Å². The van der Waals surface area contributed by atoms with E-state index in [-0.39, 0.29) is 5.69 Å². The number of fused-ring (bicyclic) bond motifs is 1. The van der Waals surface area contributed by atoms with Gasteiger partial charge in [0.05, 0.1) is 5.52 Å². The Morgan fingerprint density at radius 3 is 2.21 bits per heavy atom. The molecule has 3 N–H and O–H groups in total. The molecule has 172 valence electrons. The monoisotopic (exact) mass is 602 g/mol. The molecule has 0 aliphatic rings. The molecule has 1 heterocycles. The van der Waals surface area contributed by atoms with Gasteiger partial charge in [-0.1, -0.05) is 43.5 Å². The molecule has 0 aliphatic carbocycles. The molecule has 0 bridgehead atoms. The fraction of sp³-hybridized carbons (Fsp3) is 0.0417. The van der Waals surface area contributed by atoms with Crippen LogP contribution in [0.2, 0.25) is 5.02 Å². The van der Waals surface area contributed by atoms with Gasteiger partial charge in [-0.15, -0.1) is 0 Å². The number of nitrogens with one attached hydrogen (secondary N) is 3. The number of halogens is 3. The highest BCUT2D eigenvalue weighted by Crippen LogP contribution is 2.24. The molecular weight excluding hydrogens is 588 g/mol. The SMILES string of the molecule is Cc1cc(Br)ccc1NC(=O)C(=O)Nn1c(C(=O)Nc2ccc(Cl)cc2)cc2cc(Br)ccc21. The van der Waals surface area contributed by atoms with Crippen LogP contribution < -0.4 is 16.1 Å². The zero-order valence-electron chi connectivity index (χ0n) is 17.7. The van der Waals surface area contributed by atoms with Gasteiger partial charge in [-0.2, -0.15) is 0 Å². The van der Waals surface area contributed by atoms with Gasteiger partial charge in [-0.3, -0.25) is 19.8 Å². The van der Waals surface area contributed by atoms with Gasteiger partial charge in [0.15, 0.2) is 0 Å². The van der Waals surface area contributed by atoms with E-state index in [0.717, 1.165) is 14.5 Å². The zero-order valence-corrected chi connectivity index (χ0v) is 21.6. The van der Waals surface area contributed by atoms with E-state index in [2.05, 4.69) is 47.9 Å². The van der Waals surface area contributed by atoms with E-state index < -0.39 is 17.7 Å². The maximum Gasteiger partial charge on any atom is 0.328 e. The fourth-order valence-electron chi connectivity index (χ4n) is 3.30. The molecule has 4 rings (SSSR count). The van der Waals surface area contributed by atoms with Gasteiger partial charge in [-0.25, -0.2) is 4.68 Å². The first-order valence-corrected chi connectivity index (χ1v) is 11.9. The average Bonchev–Trinajstić information content (AvgIpc) is 3.14. The third-order valence-electron chi connectivity index (χ3n) is 4.95. The Morgan fingerprint density at radius 1 is 0.824 bits per heavy atom. The van der Waals surface area contributed by atoms with Crippen molar-refractivity contribution in [3.05, 3.63) is 92.0 Å². The lowest BCUT2D eigenvalue weighted by atomic mass is 10.2. The van der Waals surface area contributed by atoms with Crippen LogP contribution in [-0.4, -0.2) is 22.4 Å². The minimum absolute atomic E-state index is 0.143. The summed E-state index contributed by atoms with van der Waals surface area (Å²) in [6, 6.07) is 18.9. The molecule has 0 spiro atoms. The number of hydrogen-bond acceptors (Lipinski definition) is 3. The first kappa shape index (κ1) is 24.0. The number of carbonyl (C=O) groups excluding carboxylic acids is 3. The number of nitrogens with zero attached hydrogens (tertiary/aromatic N) is 1. The Balaban J connectivity index is 1.62. The number of aromatic nitrogens is 1.